The zero-order valence-corrected chi connectivity index (χ0v) is 13.9. The van der Waals surface area contributed by atoms with Crippen molar-refractivity contribution in [1.29, 1.82) is 0 Å². The van der Waals surface area contributed by atoms with Gasteiger partial charge >= 0.3 is 0 Å². The summed E-state index contributed by atoms with van der Waals surface area (Å²) < 4.78 is 5.41. The number of hydrogen-bond donors (Lipinski definition) is 3. The standard InChI is InChI=1S/C17H19N3O3S/c18-6-7-19-16(21)12-3-1-2-4-13(12)20-17(22)15-9-11-10-23-8-5-14(11)24-15/h1-4,9H,5-8,10,18H2,(H,19,21)(H,20,22). The van der Waals surface area contributed by atoms with E-state index in [-0.39, 0.29) is 11.8 Å². The molecule has 6 nitrogen and oxygen atoms in total. The summed E-state index contributed by atoms with van der Waals surface area (Å²) in [5.74, 6) is -0.469. The van der Waals surface area contributed by atoms with Crippen molar-refractivity contribution in [1.82, 2.24) is 5.32 Å². The van der Waals surface area contributed by atoms with Crippen LogP contribution in [0.3, 0.4) is 0 Å². The molecule has 0 atom stereocenters. The first kappa shape index (κ1) is 16.6. The van der Waals surface area contributed by atoms with Crippen molar-refractivity contribution >= 4 is 28.8 Å². The number of carbonyl (C=O) groups excluding carboxylic acids is 2. The van der Waals surface area contributed by atoms with Crippen molar-refractivity contribution in [2.24, 2.45) is 5.73 Å². The number of hydrogen-bond acceptors (Lipinski definition) is 5. The zero-order valence-electron chi connectivity index (χ0n) is 13.1. The number of nitrogens with one attached hydrogen (secondary N) is 2. The second-order valence-corrected chi connectivity index (χ2v) is 6.54. The van der Waals surface area contributed by atoms with Gasteiger partial charge in [0.15, 0.2) is 0 Å². The molecule has 4 N–H and O–H groups in total. The molecule has 0 spiro atoms. The summed E-state index contributed by atoms with van der Waals surface area (Å²) in [7, 11) is 0. The molecule has 2 heterocycles. The number of ether oxygens (including phenoxy) is 1. The van der Waals surface area contributed by atoms with Gasteiger partial charge < -0.3 is 21.1 Å². The fourth-order valence-electron chi connectivity index (χ4n) is 2.51. The molecule has 24 heavy (non-hydrogen) atoms. The van der Waals surface area contributed by atoms with Crippen molar-refractivity contribution in [3.05, 3.63) is 51.2 Å². The lowest BCUT2D eigenvalue weighted by Gasteiger charge is -2.10. The predicted molar refractivity (Wildman–Crippen MR) is 93.5 cm³/mol. The molecule has 0 saturated heterocycles. The van der Waals surface area contributed by atoms with Gasteiger partial charge in [-0.3, -0.25) is 9.59 Å². The van der Waals surface area contributed by atoms with E-state index in [1.165, 1.54) is 16.2 Å². The van der Waals surface area contributed by atoms with Crippen molar-refractivity contribution in [3.63, 3.8) is 0 Å². The highest BCUT2D eigenvalue weighted by atomic mass is 32.1. The van der Waals surface area contributed by atoms with Crippen LogP contribution in [0.25, 0.3) is 0 Å². The Kier molecular flexibility index (Phi) is 5.24. The van der Waals surface area contributed by atoms with Crippen LogP contribution in [-0.2, 0) is 17.8 Å². The Morgan fingerprint density at radius 1 is 1.25 bits per heavy atom. The van der Waals surface area contributed by atoms with E-state index in [1.807, 2.05) is 6.07 Å². The molecule has 0 saturated carbocycles. The molecule has 126 valence electrons. The Morgan fingerprint density at radius 3 is 2.88 bits per heavy atom. The van der Waals surface area contributed by atoms with Crippen LogP contribution in [0.2, 0.25) is 0 Å². The molecule has 0 radical (unpaired) electrons. The van der Waals surface area contributed by atoms with E-state index in [2.05, 4.69) is 10.6 Å². The summed E-state index contributed by atoms with van der Waals surface area (Å²) >= 11 is 1.48. The molecule has 1 aromatic carbocycles. The first-order valence-corrected chi connectivity index (χ1v) is 8.58. The van der Waals surface area contributed by atoms with Crippen molar-refractivity contribution in [3.8, 4) is 0 Å². The van der Waals surface area contributed by atoms with E-state index < -0.39 is 0 Å². The highest BCUT2D eigenvalue weighted by Gasteiger charge is 2.19. The minimum atomic E-state index is -0.254. The molecule has 1 aromatic heterocycles. The molecule has 0 bridgehead atoms. The van der Waals surface area contributed by atoms with Gasteiger partial charge in [0.2, 0.25) is 0 Å². The summed E-state index contributed by atoms with van der Waals surface area (Å²) in [6.45, 7) is 2.00. The van der Waals surface area contributed by atoms with Crippen LogP contribution in [-0.4, -0.2) is 31.5 Å². The van der Waals surface area contributed by atoms with Gasteiger partial charge in [0.05, 0.1) is 29.3 Å². The lowest BCUT2D eigenvalue weighted by molar-refractivity contribution is 0.0955. The van der Waals surface area contributed by atoms with Crippen molar-refractivity contribution in [2.75, 3.05) is 25.0 Å². The Balaban J connectivity index is 1.77. The second kappa shape index (κ2) is 7.57. The van der Waals surface area contributed by atoms with Crippen molar-refractivity contribution < 1.29 is 14.3 Å². The molecule has 0 unspecified atom stereocenters. The summed E-state index contributed by atoms with van der Waals surface area (Å²) in [5.41, 5.74) is 7.38. The van der Waals surface area contributed by atoms with Crippen LogP contribution in [0.15, 0.2) is 30.3 Å². The van der Waals surface area contributed by atoms with Gasteiger partial charge in [0.25, 0.3) is 11.8 Å². The Bertz CT molecular complexity index is 734. The van der Waals surface area contributed by atoms with Gasteiger partial charge in [0.1, 0.15) is 0 Å². The van der Waals surface area contributed by atoms with E-state index >= 15 is 0 Å². The van der Waals surface area contributed by atoms with Crippen LogP contribution < -0.4 is 16.4 Å². The second-order valence-electron chi connectivity index (χ2n) is 5.41. The number of fused-ring (bicyclic) bond motifs is 1. The fraction of sp³-hybridized carbons (Fsp3) is 0.294. The Hall–Kier alpha value is -2.22. The van der Waals surface area contributed by atoms with E-state index in [0.29, 0.717) is 42.4 Å². The molecule has 0 aliphatic carbocycles. The minimum absolute atomic E-state index is 0.214. The van der Waals surface area contributed by atoms with Gasteiger partial charge in [-0.25, -0.2) is 0 Å². The maximum Gasteiger partial charge on any atom is 0.265 e. The number of para-hydroxylation sites is 1. The smallest absolute Gasteiger partial charge is 0.265 e. The lowest BCUT2D eigenvalue weighted by atomic mass is 10.1. The molecule has 2 amide bonds. The van der Waals surface area contributed by atoms with E-state index in [4.69, 9.17) is 10.5 Å². The number of anilines is 1. The molecule has 2 aromatic rings. The normalized spacial score (nSPS) is 13.2. The third-order valence-electron chi connectivity index (χ3n) is 3.70. The molecule has 1 aliphatic rings. The number of thiophene rings is 1. The summed E-state index contributed by atoms with van der Waals surface area (Å²) in [6, 6.07) is 8.79. The molecule has 7 heteroatoms. The molecular formula is C17H19N3O3S. The first-order valence-electron chi connectivity index (χ1n) is 7.77. The van der Waals surface area contributed by atoms with Crippen LogP contribution in [0.1, 0.15) is 30.5 Å². The average Bonchev–Trinajstić information content (AvgIpc) is 3.04. The SMILES string of the molecule is NCCNC(=O)c1ccccc1NC(=O)c1cc2c(s1)CCOC2. The molecule has 1 aliphatic heterocycles. The van der Waals surface area contributed by atoms with E-state index in [1.54, 1.807) is 24.3 Å². The van der Waals surface area contributed by atoms with E-state index in [9.17, 15) is 9.59 Å². The topological polar surface area (TPSA) is 93.5 Å². The van der Waals surface area contributed by atoms with Crippen LogP contribution in [0.5, 0.6) is 0 Å². The third kappa shape index (κ3) is 3.64. The van der Waals surface area contributed by atoms with Crippen LogP contribution >= 0.6 is 11.3 Å². The Labute approximate surface area is 144 Å². The number of nitrogens with two attached hydrogens (primary N) is 1. The average molecular weight is 345 g/mol. The summed E-state index contributed by atoms with van der Waals surface area (Å²) in [5, 5.41) is 5.54. The Morgan fingerprint density at radius 2 is 2.08 bits per heavy atom. The summed E-state index contributed by atoms with van der Waals surface area (Å²) in [6.07, 6.45) is 0.839. The predicted octanol–water partition coefficient (Wildman–Crippen LogP) is 1.76. The van der Waals surface area contributed by atoms with Gasteiger partial charge in [-0.1, -0.05) is 12.1 Å². The maximum absolute atomic E-state index is 12.5. The number of amides is 2. The lowest BCUT2D eigenvalue weighted by Crippen LogP contribution is -2.29. The largest absolute Gasteiger partial charge is 0.376 e. The molecular weight excluding hydrogens is 326 g/mol. The quantitative estimate of drug-likeness (QED) is 0.770. The highest BCUT2D eigenvalue weighted by molar-refractivity contribution is 7.14. The van der Waals surface area contributed by atoms with E-state index in [0.717, 1.165) is 12.0 Å². The number of carbonyl (C=O) groups is 2. The number of benzene rings is 1. The third-order valence-corrected chi connectivity index (χ3v) is 4.94. The fourth-order valence-corrected chi connectivity index (χ4v) is 3.56. The number of rotatable bonds is 5. The van der Waals surface area contributed by atoms with Gasteiger partial charge in [-0.05, 0) is 23.8 Å². The summed E-state index contributed by atoms with van der Waals surface area (Å²) in [4.78, 5) is 26.5. The monoisotopic (exact) mass is 345 g/mol. The van der Waals surface area contributed by atoms with Crippen LogP contribution in [0, 0.1) is 0 Å². The van der Waals surface area contributed by atoms with Gasteiger partial charge in [-0.2, -0.15) is 0 Å². The maximum atomic E-state index is 12.5. The first-order chi connectivity index (χ1) is 11.7. The minimum Gasteiger partial charge on any atom is -0.376 e. The molecule has 3 rings (SSSR count). The molecule has 0 fully saturated rings. The van der Waals surface area contributed by atoms with Crippen LogP contribution in [0.4, 0.5) is 5.69 Å². The highest BCUT2D eigenvalue weighted by Crippen LogP contribution is 2.28. The van der Waals surface area contributed by atoms with Gasteiger partial charge in [0, 0.05) is 24.4 Å². The van der Waals surface area contributed by atoms with Crippen molar-refractivity contribution in [2.45, 2.75) is 13.0 Å². The zero-order chi connectivity index (χ0) is 16.9. The van der Waals surface area contributed by atoms with Gasteiger partial charge in [-0.15, -0.1) is 11.3 Å².